The summed E-state index contributed by atoms with van der Waals surface area (Å²) in [7, 11) is 0. The fourth-order valence-corrected chi connectivity index (χ4v) is 1.39. The molecule has 1 aromatic heterocycles. The van der Waals surface area contributed by atoms with Crippen LogP contribution in [0, 0.1) is 0 Å². The fourth-order valence-electron chi connectivity index (χ4n) is 1.39. The second-order valence-corrected chi connectivity index (χ2v) is 4.46. The normalized spacial score (nSPS) is 14.7. The second-order valence-electron chi connectivity index (χ2n) is 4.46. The zero-order chi connectivity index (χ0) is 9.47. The van der Waals surface area contributed by atoms with E-state index in [0.29, 0.717) is 0 Å². The maximum Gasteiger partial charge on any atom is 0.0847 e. The van der Waals surface area contributed by atoms with Crippen LogP contribution in [0.15, 0.2) is 17.3 Å². The van der Waals surface area contributed by atoms with Gasteiger partial charge in [0.25, 0.3) is 0 Å². The molecule has 0 amide bonds. The van der Waals surface area contributed by atoms with Gasteiger partial charge in [-0.3, -0.25) is 9.98 Å². The van der Waals surface area contributed by atoms with E-state index in [1.165, 1.54) is 5.56 Å². The van der Waals surface area contributed by atoms with Crippen molar-refractivity contribution in [2.24, 2.45) is 4.99 Å². The molecule has 0 saturated carbocycles. The van der Waals surface area contributed by atoms with Gasteiger partial charge in [-0.2, -0.15) is 0 Å². The van der Waals surface area contributed by atoms with Gasteiger partial charge >= 0.3 is 0 Å². The van der Waals surface area contributed by atoms with Gasteiger partial charge in [-0.25, -0.2) is 0 Å². The van der Waals surface area contributed by atoms with E-state index in [9.17, 15) is 0 Å². The summed E-state index contributed by atoms with van der Waals surface area (Å²) < 4.78 is 0. The fraction of sp³-hybridized carbons (Fsp3) is 0.455. The molecule has 68 valence electrons. The monoisotopic (exact) mass is 174 g/mol. The molecule has 1 aliphatic heterocycles. The van der Waals surface area contributed by atoms with Crippen molar-refractivity contribution in [2.45, 2.75) is 32.6 Å². The summed E-state index contributed by atoms with van der Waals surface area (Å²) in [6, 6.07) is 2.14. The molecule has 13 heavy (non-hydrogen) atoms. The molecule has 2 rings (SSSR count). The molecular weight excluding hydrogens is 160 g/mol. The van der Waals surface area contributed by atoms with Crippen LogP contribution in [0.1, 0.15) is 32.0 Å². The first kappa shape index (κ1) is 8.42. The van der Waals surface area contributed by atoms with Crippen molar-refractivity contribution < 1.29 is 0 Å². The van der Waals surface area contributed by atoms with Gasteiger partial charge < -0.3 is 0 Å². The number of hydrogen-bond donors (Lipinski definition) is 0. The highest BCUT2D eigenvalue weighted by Gasteiger charge is 2.17. The number of pyridine rings is 1. The Hall–Kier alpha value is -1.18. The Balaban J connectivity index is 2.47. The lowest BCUT2D eigenvalue weighted by Gasteiger charge is -2.18. The molecule has 0 spiro atoms. The van der Waals surface area contributed by atoms with Gasteiger partial charge in [0.2, 0.25) is 0 Å². The lowest BCUT2D eigenvalue weighted by molar-refractivity contribution is 0.587. The first-order valence-corrected chi connectivity index (χ1v) is 4.59. The number of aromatic nitrogens is 1. The zero-order valence-corrected chi connectivity index (χ0v) is 8.33. The Labute approximate surface area is 78.7 Å². The molecule has 0 aliphatic carbocycles. The first-order chi connectivity index (χ1) is 6.07. The molecule has 0 N–H and O–H groups in total. The maximum atomic E-state index is 4.40. The van der Waals surface area contributed by atoms with Gasteiger partial charge in [0.15, 0.2) is 0 Å². The van der Waals surface area contributed by atoms with E-state index < -0.39 is 0 Å². The standard InChI is InChI=1S/C11H14N2/c1-11(2,3)8-6-10-9(13-7-8)4-5-12-10/h5-7H,4H2,1-3H3. The van der Waals surface area contributed by atoms with Crippen LogP contribution in [0.2, 0.25) is 0 Å². The van der Waals surface area contributed by atoms with Gasteiger partial charge in [-0.15, -0.1) is 0 Å². The van der Waals surface area contributed by atoms with Crippen LogP contribution >= 0.6 is 0 Å². The topological polar surface area (TPSA) is 25.2 Å². The largest absolute Gasteiger partial charge is 0.259 e. The van der Waals surface area contributed by atoms with E-state index in [1.54, 1.807) is 0 Å². The average Bonchev–Trinajstić information content (AvgIpc) is 2.47. The molecule has 0 saturated heterocycles. The SMILES string of the molecule is CC(C)(C)c1cnc2c(c1)N=CC2. The van der Waals surface area contributed by atoms with Crippen molar-refractivity contribution in [3.63, 3.8) is 0 Å². The van der Waals surface area contributed by atoms with Crippen LogP contribution < -0.4 is 0 Å². The zero-order valence-electron chi connectivity index (χ0n) is 8.33. The first-order valence-electron chi connectivity index (χ1n) is 4.59. The highest BCUT2D eigenvalue weighted by molar-refractivity contribution is 5.74. The average molecular weight is 174 g/mol. The lowest BCUT2D eigenvalue weighted by Crippen LogP contribution is -2.11. The number of nitrogens with zero attached hydrogens (tertiary/aromatic N) is 2. The molecular formula is C11H14N2. The highest BCUT2D eigenvalue weighted by Crippen LogP contribution is 2.29. The summed E-state index contributed by atoms with van der Waals surface area (Å²) in [5.41, 5.74) is 3.57. The minimum atomic E-state index is 0.167. The van der Waals surface area contributed by atoms with E-state index >= 15 is 0 Å². The van der Waals surface area contributed by atoms with Crippen molar-refractivity contribution in [1.29, 1.82) is 0 Å². The third kappa shape index (κ3) is 1.48. The van der Waals surface area contributed by atoms with Gasteiger partial charge in [0.1, 0.15) is 0 Å². The van der Waals surface area contributed by atoms with Crippen molar-refractivity contribution in [3.05, 3.63) is 23.5 Å². The molecule has 0 atom stereocenters. The number of fused-ring (bicyclic) bond motifs is 1. The van der Waals surface area contributed by atoms with Crippen LogP contribution in [-0.4, -0.2) is 11.2 Å². The molecule has 0 fully saturated rings. The van der Waals surface area contributed by atoms with Crippen molar-refractivity contribution in [1.82, 2.24) is 4.98 Å². The van der Waals surface area contributed by atoms with E-state index in [-0.39, 0.29) is 5.41 Å². The predicted molar refractivity (Wildman–Crippen MR) is 54.8 cm³/mol. The number of aliphatic imine (C=N–C) groups is 1. The van der Waals surface area contributed by atoms with Crippen LogP contribution in [0.5, 0.6) is 0 Å². The van der Waals surface area contributed by atoms with Crippen LogP contribution in [0.4, 0.5) is 5.69 Å². The van der Waals surface area contributed by atoms with Crippen molar-refractivity contribution in [2.75, 3.05) is 0 Å². The molecule has 0 radical (unpaired) electrons. The highest BCUT2D eigenvalue weighted by atomic mass is 14.8. The van der Waals surface area contributed by atoms with E-state index in [4.69, 9.17) is 0 Å². The molecule has 2 nitrogen and oxygen atoms in total. The van der Waals surface area contributed by atoms with E-state index in [1.807, 2.05) is 12.4 Å². The quantitative estimate of drug-likeness (QED) is 0.593. The van der Waals surface area contributed by atoms with Crippen LogP contribution in [-0.2, 0) is 11.8 Å². The van der Waals surface area contributed by atoms with E-state index in [0.717, 1.165) is 17.8 Å². The Bertz CT molecular complexity index is 359. The third-order valence-corrected chi connectivity index (χ3v) is 2.33. The summed E-state index contributed by atoms with van der Waals surface area (Å²) in [6.45, 7) is 6.57. The van der Waals surface area contributed by atoms with Gasteiger partial charge in [0, 0.05) is 18.8 Å². The molecule has 2 heterocycles. The summed E-state index contributed by atoms with van der Waals surface area (Å²) in [5.74, 6) is 0. The summed E-state index contributed by atoms with van der Waals surface area (Å²) >= 11 is 0. The minimum Gasteiger partial charge on any atom is -0.259 e. The molecule has 0 aromatic carbocycles. The van der Waals surface area contributed by atoms with Gasteiger partial charge in [-0.05, 0) is 17.0 Å². The van der Waals surface area contributed by atoms with Gasteiger partial charge in [0.05, 0.1) is 11.4 Å². The summed E-state index contributed by atoms with van der Waals surface area (Å²) in [6.07, 6.45) is 4.78. The molecule has 0 bridgehead atoms. The van der Waals surface area contributed by atoms with Crippen LogP contribution in [0.25, 0.3) is 0 Å². The Morgan fingerprint density at radius 2 is 2.08 bits per heavy atom. The lowest BCUT2D eigenvalue weighted by atomic mass is 9.88. The molecule has 1 aliphatic rings. The van der Waals surface area contributed by atoms with Crippen molar-refractivity contribution in [3.8, 4) is 0 Å². The third-order valence-electron chi connectivity index (χ3n) is 2.33. The van der Waals surface area contributed by atoms with Crippen LogP contribution in [0.3, 0.4) is 0 Å². The summed E-state index contributed by atoms with van der Waals surface area (Å²) in [4.78, 5) is 8.69. The number of hydrogen-bond acceptors (Lipinski definition) is 2. The predicted octanol–water partition coefficient (Wildman–Crippen LogP) is 2.64. The molecule has 1 aromatic rings. The second kappa shape index (κ2) is 2.66. The Kier molecular flexibility index (Phi) is 1.72. The smallest absolute Gasteiger partial charge is 0.0847 e. The maximum absolute atomic E-state index is 4.40. The van der Waals surface area contributed by atoms with E-state index in [2.05, 4.69) is 36.8 Å². The summed E-state index contributed by atoms with van der Waals surface area (Å²) in [5, 5.41) is 0. The van der Waals surface area contributed by atoms with Gasteiger partial charge in [-0.1, -0.05) is 20.8 Å². The molecule has 0 unspecified atom stereocenters. The minimum absolute atomic E-state index is 0.167. The Morgan fingerprint density at radius 1 is 1.31 bits per heavy atom. The Morgan fingerprint density at radius 3 is 2.77 bits per heavy atom. The van der Waals surface area contributed by atoms with Crippen molar-refractivity contribution >= 4 is 11.9 Å². The molecule has 2 heteroatoms. The number of rotatable bonds is 0.